The van der Waals surface area contributed by atoms with Crippen molar-refractivity contribution in [2.75, 3.05) is 14.2 Å². The second-order valence-corrected chi connectivity index (χ2v) is 5.05. The summed E-state index contributed by atoms with van der Waals surface area (Å²) in [4.78, 5) is 11.5. The Balaban J connectivity index is 2.91. The summed E-state index contributed by atoms with van der Waals surface area (Å²) in [5.74, 6) is -1.03. The Morgan fingerprint density at radius 3 is 2.50 bits per heavy atom. The number of aliphatic hydroxyl groups is 1. The first-order chi connectivity index (χ1) is 6.45. The van der Waals surface area contributed by atoms with E-state index in [-0.39, 0.29) is 10.7 Å². The number of carbonyl (C=O) groups is 1. The number of ether oxygens (including phenoxy) is 2. The highest BCUT2D eigenvalue weighted by Gasteiger charge is 2.54. The third-order valence-corrected chi connectivity index (χ3v) is 4.37. The Bertz CT molecular complexity index is 229. The van der Waals surface area contributed by atoms with Gasteiger partial charge in [-0.2, -0.15) is 0 Å². The van der Waals surface area contributed by atoms with E-state index in [4.69, 9.17) is 4.74 Å². The number of esters is 1. The Morgan fingerprint density at radius 1 is 1.50 bits per heavy atom. The molecule has 0 amide bonds. The van der Waals surface area contributed by atoms with Crippen LogP contribution in [0.25, 0.3) is 0 Å². The second-order valence-electron chi connectivity index (χ2n) is 3.61. The lowest BCUT2D eigenvalue weighted by molar-refractivity contribution is -0.158. The predicted molar refractivity (Wildman–Crippen MR) is 54.0 cm³/mol. The van der Waals surface area contributed by atoms with Crippen LogP contribution in [-0.2, 0) is 14.3 Å². The van der Waals surface area contributed by atoms with E-state index in [0.29, 0.717) is 0 Å². The van der Waals surface area contributed by atoms with Crippen molar-refractivity contribution in [3.05, 3.63) is 0 Å². The van der Waals surface area contributed by atoms with Crippen molar-refractivity contribution in [2.24, 2.45) is 5.92 Å². The smallest absolute Gasteiger partial charge is 0.315 e. The molecular weight excluding hydrogens is 204 g/mol. The second kappa shape index (κ2) is 4.08. The number of thioether (sulfide) groups is 1. The van der Waals surface area contributed by atoms with Crippen molar-refractivity contribution in [2.45, 2.75) is 30.1 Å². The van der Waals surface area contributed by atoms with Crippen molar-refractivity contribution >= 4 is 17.7 Å². The van der Waals surface area contributed by atoms with Gasteiger partial charge in [-0.1, -0.05) is 6.92 Å². The lowest BCUT2D eigenvalue weighted by Crippen LogP contribution is -2.45. The molecule has 0 radical (unpaired) electrons. The van der Waals surface area contributed by atoms with Gasteiger partial charge in [0.05, 0.1) is 12.7 Å². The zero-order chi connectivity index (χ0) is 10.9. The van der Waals surface area contributed by atoms with E-state index in [1.165, 1.54) is 26.0 Å². The molecule has 4 nitrogen and oxygen atoms in total. The minimum absolute atomic E-state index is 0.0449. The fraction of sp³-hybridized carbons (Fsp3) is 0.889. The van der Waals surface area contributed by atoms with Crippen LogP contribution in [0.2, 0.25) is 0 Å². The van der Waals surface area contributed by atoms with Gasteiger partial charge in [-0.15, -0.1) is 11.8 Å². The summed E-state index contributed by atoms with van der Waals surface area (Å²) in [5.41, 5.74) is -1.40. The molecular formula is C9H16O4S. The summed E-state index contributed by atoms with van der Waals surface area (Å²) >= 11 is 1.45. The number of carbonyl (C=O) groups excluding carboxylic acids is 1. The topological polar surface area (TPSA) is 55.8 Å². The fourth-order valence-corrected chi connectivity index (χ4v) is 3.09. The van der Waals surface area contributed by atoms with Crippen LogP contribution in [0.5, 0.6) is 0 Å². The van der Waals surface area contributed by atoms with Gasteiger partial charge >= 0.3 is 5.97 Å². The highest BCUT2D eigenvalue weighted by molar-refractivity contribution is 8.00. The number of hydrogen-bond donors (Lipinski definition) is 1. The molecule has 0 aliphatic carbocycles. The van der Waals surface area contributed by atoms with Crippen LogP contribution in [0.4, 0.5) is 0 Å². The molecule has 5 heteroatoms. The van der Waals surface area contributed by atoms with Gasteiger partial charge in [0.15, 0.2) is 0 Å². The Morgan fingerprint density at radius 2 is 2.07 bits per heavy atom. The summed E-state index contributed by atoms with van der Waals surface area (Å²) in [5, 5.41) is 10.1. The molecule has 0 aromatic carbocycles. The quantitative estimate of drug-likeness (QED) is 0.692. The van der Waals surface area contributed by atoms with Crippen LogP contribution in [0, 0.1) is 5.92 Å². The van der Waals surface area contributed by atoms with Crippen LogP contribution in [-0.4, -0.2) is 41.6 Å². The number of hydrogen-bond acceptors (Lipinski definition) is 5. The average Bonchev–Trinajstić information content (AvgIpc) is 2.37. The van der Waals surface area contributed by atoms with E-state index < -0.39 is 17.5 Å². The van der Waals surface area contributed by atoms with Gasteiger partial charge in [0.1, 0.15) is 11.4 Å². The van der Waals surface area contributed by atoms with Gasteiger partial charge in [-0.05, 0) is 6.92 Å². The third-order valence-electron chi connectivity index (χ3n) is 2.75. The highest BCUT2D eigenvalue weighted by atomic mass is 32.2. The van der Waals surface area contributed by atoms with Crippen LogP contribution in [0.1, 0.15) is 13.8 Å². The third kappa shape index (κ3) is 1.76. The standard InChI is InChI=1S/C9H16O4S/c1-5-9(2,11)6(7(10)12-3)8(13-4)14-5/h5-6,8,11H,1-4H3. The molecule has 1 rings (SSSR count). The van der Waals surface area contributed by atoms with Gasteiger partial charge < -0.3 is 14.6 Å². The normalized spacial score (nSPS) is 42.5. The molecule has 4 unspecified atom stereocenters. The lowest BCUT2D eigenvalue weighted by atomic mass is 9.87. The minimum Gasteiger partial charge on any atom is -0.469 e. The summed E-state index contributed by atoms with van der Waals surface area (Å²) in [6, 6.07) is 0. The Labute approximate surface area is 88.0 Å². The molecule has 14 heavy (non-hydrogen) atoms. The van der Waals surface area contributed by atoms with Crippen molar-refractivity contribution in [1.82, 2.24) is 0 Å². The molecule has 1 saturated heterocycles. The first-order valence-corrected chi connectivity index (χ1v) is 5.37. The lowest BCUT2D eigenvalue weighted by Gasteiger charge is -2.27. The molecule has 1 heterocycles. The van der Waals surface area contributed by atoms with E-state index in [2.05, 4.69) is 4.74 Å². The van der Waals surface area contributed by atoms with Crippen LogP contribution < -0.4 is 0 Å². The van der Waals surface area contributed by atoms with E-state index in [9.17, 15) is 9.90 Å². The van der Waals surface area contributed by atoms with Crippen molar-refractivity contribution < 1.29 is 19.4 Å². The predicted octanol–water partition coefficient (Wildman–Crippen LogP) is 0.634. The largest absolute Gasteiger partial charge is 0.469 e. The molecule has 0 aromatic heterocycles. The number of methoxy groups -OCH3 is 2. The van der Waals surface area contributed by atoms with Gasteiger partial charge in [0, 0.05) is 12.4 Å². The SMILES string of the molecule is COC(=O)C1C(OC)SC(C)C1(C)O. The molecule has 1 aliphatic heterocycles. The summed E-state index contributed by atoms with van der Waals surface area (Å²) in [6.45, 7) is 3.52. The van der Waals surface area contributed by atoms with Gasteiger partial charge in [-0.3, -0.25) is 4.79 Å². The van der Waals surface area contributed by atoms with E-state index in [1.54, 1.807) is 6.92 Å². The molecule has 0 aromatic rings. The van der Waals surface area contributed by atoms with E-state index >= 15 is 0 Å². The monoisotopic (exact) mass is 220 g/mol. The van der Waals surface area contributed by atoms with E-state index in [1.807, 2.05) is 6.92 Å². The molecule has 4 atom stereocenters. The average molecular weight is 220 g/mol. The molecule has 0 saturated carbocycles. The molecule has 82 valence electrons. The van der Waals surface area contributed by atoms with Crippen molar-refractivity contribution in [1.29, 1.82) is 0 Å². The van der Waals surface area contributed by atoms with Gasteiger partial charge in [0.2, 0.25) is 0 Å². The molecule has 1 N–H and O–H groups in total. The molecule has 1 fully saturated rings. The first-order valence-electron chi connectivity index (χ1n) is 4.43. The summed E-state index contributed by atoms with van der Waals surface area (Å²) in [7, 11) is 2.85. The zero-order valence-electron chi connectivity index (χ0n) is 8.81. The van der Waals surface area contributed by atoms with Crippen LogP contribution in [0.3, 0.4) is 0 Å². The van der Waals surface area contributed by atoms with Crippen LogP contribution >= 0.6 is 11.8 Å². The van der Waals surface area contributed by atoms with E-state index in [0.717, 1.165) is 0 Å². The van der Waals surface area contributed by atoms with Gasteiger partial charge in [-0.25, -0.2) is 0 Å². The fourth-order valence-electron chi connectivity index (χ4n) is 1.61. The van der Waals surface area contributed by atoms with Gasteiger partial charge in [0.25, 0.3) is 0 Å². The maximum atomic E-state index is 11.5. The zero-order valence-corrected chi connectivity index (χ0v) is 9.63. The molecule has 0 spiro atoms. The first kappa shape index (κ1) is 11.8. The van der Waals surface area contributed by atoms with Crippen molar-refractivity contribution in [3.8, 4) is 0 Å². The van der Waals surface area contributed by atoms with Crippen molar-refractivity contribution in [3.63, 3.8) is 0 Å². The highest BCUT2D eigenvalue weighted by Crippen LogP contribution is 2.46. The molecule has 1 aliphatic rings. The number of rotatable bonds is 2. The summed E-state index contributed by atoms with van der Waals surface area (Å²) in [6.07, 6.45) is 0. The molecule has 0 bridgehead atoms. The summed E-state index contributed by atoms with van der Waals surface area (Å²) < 4.78 is 9.81. The maximum Gasteiger partial charge on any atom is 0.315 e. The van der Waals surface area contributed by atoms with Crippen LogP contribution in [0.15, 0.2) is 0 Å². The Kier molecular flexibility index (Phi) is 3.44. The maximum absolute atomic E-state index is 11.5. The Hall–Kier alpha value is -0.260. The minimum atomic E-state index is -1.07.